The molecule has 0 bridgehead atoms. The topological polar surface area (TPSA) is 54.5 Å². The standard InChI is InChI=1S/C20H25N3O2/c1-3-25-17-10-8-16(9-11-17)22-19-18(7-4-12-21-19)20(24)23-13-5-6-15(2)14-23/h4,7-12,15H,3,5-6,13-14H2,1-2H3,(H,21,22)/t15-/m0/s1. The largest absolute Gasteiger partial charge is 0.494 e. The van der Waals surface area contributed by atoms with Crippen molar-refractivity contribution in [3.8, 4) is 5.75 Å². The normalized spacial score (nSPS) is 17.2. The Morgan fingerprint density at radius 2 is 2.12 bits per heavy atom. The molecule has 5 nitrogen and oxygen atoms in total. The van der Waals surface area contributed by atoms with Gasteiger partial charge in [0.15, 0.2) is 0 Å². The van der Waals surface area contributed by atoms with Crippen LogP contribution in [0.2, 0.25) is 0 Å². The zero-order valence-electron chi connectivity index (χ0n) is 14.9. The number of nitrogens with zero attached hydrogens (tertiary/aromatic N) is 2. The molecule has 1 amide bonds. The van der Waals surface area contributed by atoms with Crippen LogP contribution in [-0.2, 0) is 0 Å². The lowest BCUT2D eigenvalue weighted by Crippen LogP contribution is -2.39. The molecule has 2 aromatic rings. The number of carbonyl (C=O) groups is 1. The molecule has 1 saturated heterocycles. The highest BCUT2D eigenvalue weighted by molar-refractivity contribution is 5.99. The number of amides is 1. The lowest BCUT2D eigenvalue weighted by molar-refractivity contribution is 0.0683. The summed E-state index contributed by atoms with van der Waals surface area (Å²) in [6.07, 6.45) is 3.95. The highest BCUT2D eigenvalue weighted by Crippen LogP contribution is 2.24. The van der Waals surface area contributed by atoms with Crippen molar-refractivity contribution in [1.82, 2.24) is 9.88 Å². The molecule has 25 heavy (non-hydrogen) atoms. The molecule has 3 rings (SSSR count). The van der Waals surface area contributed by atoms with Crippen LogP contribution in [0, 0.1) is 5.92 Å². The lowest BCUT2D eigenvalue weighted by atomic mass is 9.99. The number of ether oxygens (including phenoxy) is 1. The van der Waals surface area contributed by atoms with Crippen LogP contribution in [0.5, 0.6) is 5.75 Å². The van der Waals surface area contributed by atoms with Gasteiger partial charge in [-0.2, -0.15) is 0 Å². The Morgan fingerprint density at radius 1 is 1.32 bits per heavy atom. The van der Waals surface area contributed by atoms with Crippen LogP contribution in [0.1, 0.15) is 37.0 Å². The van der Waals surface area contributed by atoms with Gasteiger partial charge in [-0.05, 0) is 62.1 Å². The Hall–Kier alpha value is -2.56. The first-order chi connectivity index (χ1) is 12.2. The second-order valence-corrected chi connectivity index (χ2v) is 6.48. The summed E-state index contributed by atoms with van der Waals surface area (Å²) in [4.78, 5) is 19.2. The predicted molar refractivity (Wildman–Crippen MR) is 99.4 cm³/mol. The number of piperidine rings is 1. The zero-order valence-corrected chi connectivity index (χ0v) is 14.9. The molecule has 1 N–H and O–H groups in total. The fourth-order valence-electron chi connectivity index (χ4n) is 3.16. The second-order valence-electron chi connectivity index (χ2n) is 6.48. The predicted octanol–water partition coefficient (Wildman–Crippen LogP) is 4.10. The molecular formula is C20H25N3O2. The van der Waals surface area contributed by atoms with Gasteiger partial charge in [-0.1, -0.05) is 6.92 Å². The van der Waals surface area contributed by atoms with E-state index in [1.807, 2.05) is 48.2 Å². The molecule has 132 valence electrons. The molecule has 1 aromatic carbocycles. The Kier molecular flexibility index (Phi) is 5.53. The molecular weight excluding hydrogens is 314 g/mol. The van der Waals surface area contributed by atoms with Crippen molar-refractivity contribution >= 4 is 17.4 Å². The highest BCUT2D eigenvalue weighted by Gasteiger charge is 2.24. The average Bonchev–Trinajstić information content (AvgIpc) is 2.63. The van der Waals surface area contributed by atoms with E-state index in [4.69, 9.17) is 4.74 Å². The van der Waals surface area contributed by atoms with Crippen molar-refractivity contribution in [3.63, 3.8) is 0 Å². The molecule has 0 spiro atoms. The lowest BCUT2D eigenvalue weighted by Gasteiger charge is -2.31. The van der Waals surface area contributed by atoms with E-state index in [0.29, 0.717) is 23.9 Å². The first kappa shape index (κ1) is 17.3. The van der Waals surface area contributed by atoms with Crippen LogP contribution in [0.3, 0.4) is 0 Å². The van der Waals surface area contributed by atoms with Crippen LogP contribution < -0.4 is 10.1 Å². The van der Waals surface area contributed by atoms with Crippen molar-refractivity contribution in [2.45, 2.75) is 26.7 Å². The van der Waals surface area contributed by atoms with Gasteiger partial charge in [-0.25, -0.2) is 4.98 Å². The van der Waals surface area contributed by atoms with Crippen LogP contribution in [0.15, 0.2) is 42.6 Å². The number of benzene rings is 1. The van der Waals surface area contributed by atoms with Gasteiger partial charge in [0.05, 0.1) is 12.2 Å². The second kappa shape index (κ2) is 8.01. The van der Waals surface area contributed by atoms with E-state index in [-0.39, 0.29) is 5.91 Å². The van der Waals surface area contributed by atoms with E-state index in [2.05, 4.69) is 17.2 Å². The zero-order chi connectivity index (χ0) is 17.6. The Labute approximate surface area is 149 Å². The third kappa shape index (κ3) is 4.29. The minimum atomic E-state index is 0.0492. The van der Waals surface area contributed by atoms with E-state index in [1.54, 1.807) is 6.20 Å². The molecule has 2 heterocycles. The molecule has 1 aliphatic heterocycles. The van der Waals surface area contributed by atoms with E-state index >= 15 is 0 Å². The van der Waals surface area contributed by atoms with Gasteiger partial charge in [-0.3, -0.25) is 4.79 Å². The van der Waals surface area contributed by atoms with Crippen LogP contribution in [-0.4, -0.2) is 35.5 Å². The minimum Gasteiger partial charge on any atom is -0.494 e. The van der Waals surface area contributed by atoms with Crippen LogP contribution >= 0.6 is 0 Å². The fourth-order valence-corrected chi connectivity index (χ4v) is 3.16. The summed E-state index contributed by atoms with van der Waals surface area (Å²) in [6, 6.07) is 11.3. The first-order valence-corrected chi connectivity index (χ1v) is 8.91. The molecule has 0 radical (unpaired) electrons. The quantitative estimate of drug-likeness (QED) is 0.891. The van der Waals surface area contributed by atoms with E-state index < -0.39 is 0 Å². The first-order valence-electron chi connectivity index (χ1n) is 8.91. The van der Waals surface area contributed by atoms with Crippen molar-refractivity contribution in [3.05, 3.63) is 48.2 Å². The molecule has 1 fully saturated rings. The van der Waals surface area contributed by atoms with E-state index in [9.17, 15) is 4.79 Å². The van der Waals surface area contributed by atoms with Gasteiger partial charge in [0.2, 0.25) is 0 Å². The summed E-state index contributed by atoms with van der Waals surface area (Å²) in [5, 5.41) is 3.26. The van der Waals surface area contributed by atoms with Gasteiger partial charge in [0.1, 0.15) is 11.6 Å². The third-order valence-electron chi connectivity index (χ3n) is 4.41. The number of carbonyl (C=O) groups excluding carboxylic acids is 1. The Bertz CT molecular complexity index is 715. The minimum absolute atomic E-state index is 0.0492. The fraction of sp³-hybridized carbons (Fsp3) is 0.400. The molecule has 0 aliphatic carbocycles. The monoisotopic (exact) mass is 339 g/mol. The number of likely N-dealkylation sites (tertiary alicyclic amines) is 1. The molecule has 1 atom stereocenters. The molecule has 5 heteroatoms. The third-order valence-corrected chi connectivity index (χ3v) is 4.41. The van der Waals surface area contributed by atoms with Gasteiger partial charge in [-0.15, -0.1) is 0 Å². The van der Waals surface area contributed by atoms with Gasteiger partial charge in [0.25, 0.3) is 5.91 Å². The molecule has 0 unspecified atom stereocenters. The maximum Gasteiger partial charge on any atom is 0.257 e. The number of pyridine rings is 1. The maximum absolute atomic E-state index is 12.9. The van der Waals surface area contributed by atoms with Gasteiger partial charge < -0.3 is 15.0 Å². The number of aromatic nitrogens is 1. The molecule has 1 aromatic heterocycles. The number of hydrogen-bond donors (Lipinski definition) is 1. The van der Waals surface area contributed by atoms with E-state index in [0.717, 1.165) is 30.9 Å². The van der Waals surface area contributed by atoms with Crippen LogP contribution in [0.4, 0.5) is 11.5 Å². The summed E-state index contributed by atoms with van der Waals surface area (Å²) in [6.45, 7) is 6.43. The summed E-state index contributed by atoms with van der Waals surface area (Å²) >= 11 is 0. The number of anilines is 2. The number of nitrogens with one attached hydrogen (secondary N) is 1. The summed E-state index contributed by atoms with van der Waals surface area (Å²) in [7, 11) is 0. The maximum atomic E-state index is 12.9. The smallest absolute Gasteiger partial charge is 0.257 e. The van der Waals surface area contributed by atoms with Crippen LogP contribution in [0.25, 0.3) is 0 Å². The summed E-state index contributed by atoms with van der Waals surface area (Å²) in [5.41, 5.74) is 1.49. The van der Waals surface area contributed by atoms with E-state index in [1.165, 1.54) is 6.42 Å². The Morgan fingerprint density at radius 3 is 2.84 bits per heavy atom. The Balaban J connectivity index is 1.77. The van der Waals surface area contributed by atoms with Crippen molar-refractivity contribution in [2.75, 3.05) is 25.0 Å². The summed E-state index contributed by atoms with van der Waals surface area (Å²) < 4.78 is 5.46. The molecule has 0 saturated carbocycles. The summed E-state index contributed by atoms with van der Waals surface area (Å²) in [5.74, 6) is 2.02. The average molecular weight is 339 g/mol. The van der Waals surface area contributed by atoms with Gasteiger partial charge >= 0.3 is 0 Å². The van der Waals surface area contributed by atoms with Gasteiger partial charge in [0, 0.05) is 25.0 Å². The van der Waals surface area contributed by atoms with Crippen molar-refractivity contribution in [1.29, 1.82) is 0 Å². The van der Waals surface area contributed by atoms with Crippen molar-refractivity contribution in [2.24, 2.45) is 5.92 Å². The SMILES string of the molecule is CCOc1ccc(Nc2ncccc2C(=O)N2CCC[C@H](C)C2)cc1. The number of rotatable bonds is 5. The molecule has 1 aliphatic rings. The van der Waals surface area contributed by atoms with Crippen molar-refractivity contribution < 1.29 is 9.53 Å². The number of hydrogen-bond acceptors (Lipinski definition) is 4. The highest BCUT2D eigenvalue weighted by atomic mass is 16.5.